The van der Waals surface area contributed by atoms with Crippen LogP contribution in [0.15, 0.2) is 68.3 Å². The number of anilines is 1. The van der Waals surface area contributed by atoms with Crippen molar-refractivity contribution < 1.29 is 5.11 Å². The van der Waals surface area contributed by atoms with Gasteiger partial charge in [0.2, 0.25) is 0 Å². The molecule has 1 heterocycles. The molecule has 6 nitrogen and oxygen atoms in total. The van der Waals surface area contributed by atoms with E-state index in [4.69, 9.17) is 5.41 Å². The van der Waals surface area contributed by atoms with Crippen LogP contribution in [0.25, 0.3) is 0 Å². The molecule has 1 fully saturated rings. The number of hydrogen-bond acceptors (Lipinski definition) is 5. The summed E-state index contributed by atoms with van der Waals surface area (Å²) >= 11 is 0. The number of hydrogen-bond donors (Lipinski definition) is 4. The van der Waals surface area contributed by atoms with Crippen LogP contribution >= 0.6 is 0 Å². The van der Waals surface area contributed by atoms with Crippen molar-refractivity contribution in [3.63, 3.8) is 0 Å². The zero-order chi connectivity index (χ0) is 25.5. The quantitative estimate of drug-likeness (QED) is 0.186. The number of amidine groups is 1. The number of nitrogens with zero attached hydrogens (tertiary/aromatic N) is 2. The van der Waals surface area contributed by atoms with Gasteiger partial charge in [-0.2, -0.15) is 0 Å². The maximum Gasteiger partial charge on any atom is 0.144 e. The van der Waals surface area contributed by atoms with Crippen LogP contribution < -0.4 is 15.5 Å². The summed E-state index contributed by atoms with van der Waals surface area (Å²) in [7, 11) is 1.97. The highest BCUT2D eigenvalue weighted by Gasteiger charge is 2.25. The van der Waals surface area contributed by atoms with Crippen LogP contribution in [0.3, 0.4) is 0 Å². The molecule has 1 atom stereocenters. The smallest absolute Gasteiger partial charge is 0.144 e. The van der Waals surface area contributed by atoms with E-state index in [2.05, 4.69) is 35.4 Å². The fourth-order valence-corrected chi connectivity index (χ4v) is 3.57. The molecule has 0 bridgehead atoms. The predicted octanol–water partition coefficient (Wildman–Crippen LogP) is 5.99. The Balaban J connectivity index is 0.00000137. The second-order valence-electron chi connectivity index (χ2n) is 8.11. The molecule has 1 aromatic heterocycles. The molecular formula is C28H43N5O. The van der Waals surface area contributed by atoms with Gasteiger partial charge in [0.1, 0.15) is 17.4 Å². The molecule has 1 aliphatic carbocycles. The molecule has 1 unspecified atom stereocenters. The molecule has 34 heavy (non-hydrogen) atoms. The molecule has 2 aromatic rings. The second kappa shape index (κ2) is 15.7. The van der Waals surface area contributed by atoms with Gasteiger partial charge in [0.05, 0.1) is 11.8 Å². The van der Waals surface area contributed by atoms with E-state index in [1.165, 1.54) is 25.5 Å². The van der Waals surface area contributed by atoms with Gasteiger partial charge in [0, 0.05) is 17.9 Å². The highest BCUT2D eigenvalue weighted by molar-refractivity contribution is 6.11. The average molecular weight is 466 g/mol. The number of nitrogens with one attached hydrogen (secondary N) is 3. The maximum absolute atomic E-state index is 10.3. The van der Waals surface area contributed by atoms with Crippen molar-refractivity contribution in [3.8, 4) is 5.75 Å². The van der Waals surface area contributed by atoms with E-state index in [1.807, 2.05) is 52.1 Å². The van der Waals surface area contributed by atoms with Crippen molar-refractivity contribution in [1.82, 2.24) is 15.6 Å². The largest absolute Gasteiger partial charge is 0.506 e. The number of pyridine rings is 1. The molecule has 0 amide bonds. The van der Waals surface area contributed by atoms with Gasteiger partial charge >= 0.3 is 0 Å². The molecule has 0 saturated heterocycles. The SMILES string of the molecule is C=C.C=C(NC(CCNC)CCC1CC1)N(C(=N)c1ccncc1O)c1ccc(C)cc1.CC. The highest BCUT2D eigenvalue weighted by atomic mass is 16.3. The number of aromatic nitrogens is 1. The van der Waals surface area contributed by atoms with Gasteiger partial charge < -0.3 is 15.7 Å². The van der Waals surface area contributed by atoms with Crippen molar-refractivity contribution in [2.75, 3.05) is 18.5 Å². The van der Waals surface area contributed by atoms with Gasteiger partial charge in [-0.3, -0.25) is 15.3 Å². The first-order valence-electron chi connectivity index (χ1n) is 12.2. The molecule has 1 saturated carbocycles. The number of rotatable bonds is 11. The van der Waals surface area contributed by atoms with Crippen LogP contribution in [0.1, 0.15) is 57.1 Å². The van der Waals surface area contributed by atoms with Crippen molar-refractivity contribution in [3.05, 3.63) is 79.4 Å². The fourth-order valence-electron chi connectivity index (χ4n) is 3.57. The third-order valence-electron chi connectivity index (χ3n) is 5.57. The second-order valence-corrected chi connectivity index (χ2v) is 8.11. The van der Waals surface area contributed by atoms with Crippen molar-refractivity contribution in [2.45, 2.75) is 58.9 Å². The van der Waals surface area contributed by atoms with E-state index in [1.54, 1.807) is 17.2 Å². The monoisotopic (exact) mass is 465 g/mol. The van der Waals surface area contributed by atoms with Gasteiger partial charge in [-0.05, 0) is 63.9 Å². The molecule has 4 N–H and O–H groups in total. The minimum absolute atomic E-state index is 0.0205. The van der Waals surface area contributed by atoms with E-state index in [-0.39, 0.29) is 17.6 Å². The van der Waals surface area contributed by atoms with Crippen LogP contribution in [0.5, 0.6) is 5.75 Å². The Morgan fingerprint density at radius 3 is 2.38 bits per heavy atom. The number of benzene rings is 1. The summed E-state index contributed by atoms with van der Waals surface area (Å²) in [6.07, 6.45) is 8.93. The lowest BCUT2D eigenvalue weighted by Crippen LogP contribution is -2.41. The van der Waals surface area contributed by atoms with E-state index >= 15 is 0 Å². The summed E-state index contributed by atoms with van der Waals surface area (Å²) < 4.78 is 0. The Hall–Kier alpha value is -3.12. The van der Waals surface area contributed by atoms with Crippen LogP contribution in [0, 0.1) is 18.3 Å². The highest BCUT2D eigenvalue weighted by Crippen LogP contribution is 2.34. The predicted molar refractivity (Wildman–Crippen MR) is 146 cm³/mol. The van der Waals surface area contributed by atoms with E-state index in [0.29, 0.717) is 11.4 Å². The Morgan fingerprint density at radius 1 is 1.18 bits per heavy atom. The molecule has 1 aliphatic rings. The van der Waals surface area contributed by atoms with Crippen molar-refractivity contribution in [1.29, 1.82) is 5.41 Å². The maximum atomic E-state index is 10.3. The van der Waals surface area contributed by atoms with Gasteiger partial charge in [-0.1, -0.05) is 51.0 Å². The summed E-state index contributed by atoms with van der Waals surface area (Å²) in [6, 6.07) is 9.90. The number of aromatic hydroxyl groups is 1. The summed E-state index contributed by atoms with van der Waals surface area (Å²) in [5.41, 5.74) is 2.39. The van der Waals surface area contributed by atoms with Gasteiger partial charge in [-0.15, -0.1) is 13.2 Å². The standard InChI is InChI=1S/C24H33N5O.C2H6.C2H4/c1-17-4-10-21(11-5-17)29(24(25)22-13-15-27-16-23(22)30)18(2)28-20(12-14-26-3)9-8-19-6-7-19;2*1-2/h4-5,10-11,13,15-16,19-20,25-26,28,30H,2,6-9,12,14H2,1,3H3;1-2H3;1-2H2. The van der Waals surface area contributed by atoms with E-state index in [9.17, 15) is 5.11 Å². The van der Waals surface area contributed by atoms with Crippen LogP contribution in [-0.2, 0) is 0 Å². The molecule has 0 aliphatic heterocycles. The molecule has 1 aromatic carbocycles. The molecule has 0 spiro atoms. The van der Waals surface area contributed by atoms with Crippen molar-refractivity contribution >= 4 is 11.5 Å². The minimum Gasteiger partial charge on any atom is -0.506 e. The fraction of sp³-hybridized carbons (Fsp3) is 0.429. The summed E-state index contributed by atoms with van der Waals surface area (Å²) in [5, 5.41) is 25.9. The molecule has 6 heteroatoms. The van der Waals surface area contributed by atoms with Crippen LogP contribution in [0.2, 0.25) is 0 Å². The topological polar surface area (TPSA) is 84.3 Å². The third kappa shape index (κ3) is 9.02. The third-order valence-corrected chi connectivity index (χ3v) is 5.57. The molecular weight excluding hydrogens is 422 g/mol. The lowest BCUT2D eigenvalue weighted by atomic mass is 10.1. The average Bonchev–Trinajstić information content (AvgIpc) is 3.69. The Labute approximate surface area is 206 Å². The first-order chi connectivity index (χ1) is 16.5. The molecule has 0 radical (unpaired) electrons. The van der Waals surface area contributed by atoms with Crippen LogP contribution in [0.4, 0.5) is 5.69 Å². The zero-order valence-electron chi connectivity index (χ0n) is 21.4. The van der Waals surface area contributed by atoms with Crippen LogP contribution in [-0.4, -0.2) is 35.6 Å². The first-order valence-corrected chi connectivity index (χ1v) is 12.2. The lowest BCUT2D eigenvalue weighted by molar-refractivity contribution is 0.455. The van der Waals surface area contributed by atoms with E-state index in [0.717, 1.165) is 36.6 Å². The van der Waals surface area contributed by atoms with Gasteiger partial charge in [0.25, 0.3) is 0 Å². The first kappa shape index (κ1) is 28.9. The minimum atomic E-state index is -0.0205. The molecule has 186 valence electrons. The summed E-state index contributed by atoms with van der Waals surface area (Å²) in [4.78, 5) is 5.70. The Bertz CT molecular complexity index is 877. The normalized spacial score (nSPS) is 12.8. The lowest BCUT2D eigenvalue weighted by Gasteiger charge is -2.31. The van der Waals surface area contributed by atoms with E-state index < -0.39 is 0 Å². The van der Waals surface area contributed by atoms with Gasteiger partial charge in [0.15, 0.2) is 0 Å². The Morgan fingerprint density at radius 2 is 1.82 bits per heavy atom. The zero-order valence-corrected chi connectivity index (χ0v) is 21.4. The van der Waals surface area contributed by atoms with Crippen molar-refractivity contribution in [2.24, 2.45) is 5.92 Å². The van der Waals surface area contributed by atoms with Gasteiger partial charge in [-0.25, -0.2) is 0 Å². The number of aryl methyl sites for hydroxylation is 1. The summed E-state index contributed by atoms with van der Waals surface area (Å²) in [5.74, 6) is 1.65. The molecule has 3 rings (SSSR count). The Kier molecular flexibility index (Phi) is 13.3. The summed E-state index contributed by atoms with van der Waals surface area (Å²) in [6.45, 7) is 17.2.